The first-order valence-electron chi connectivity index (χ1n) is 35.2. The second kappa shape index (κ2) is 62.6. The lowest BCUT2D eigenvalue weighted by Gasteiger charge is -2.24. The Bertz CT molecular complexity index is 2830. The Balaban J connectivity index is -0.00000129. The van der Waals surface area contributed by atoms with Crippen molar-refractivity contribution >= 4 is 136 Å². The summed E-state index contributed by atoms with van der Waals surface area (Å²) in [5, 5.41) is 44.7. The summed E-state index contributed by atoms with van der Waals surface area (Å²) in [6.07, 6.45) is 18.7. The molecule has 7 N–H and O–H groups in total. The zero-order valence-electron chi connectivity index (χ0n) is 62.6. The molecule has 2 aromatic carbocycles. The molecule has 0 saturated carbocycles. The summed E-state index contributed by atoms with van der Waals surface area (Å²) in [5.74, 6) is -6.31. The number of carbonyl (C=O) groups is 15. The number of nitrogens with one attached hydrogen (secondary N) is 3. The molecule has 2 rings (SSSR count). The number of thioether (sulfide) groups is 3. The van der Waals surface area contributed by atoms with Gasteiger partial charge in [-0.15, -0.1) is 0 Å². The molecule has 0 bridgehead atoms. The van der Waals surface area contributed by atoms with E-state index in [1.807, 2.05) is 121 Å². The Morgan fingerprint density at radius 3 is 1.00 bits per heavy atom. The number of carboxylic acids is 4. The van der Waals surface area contributed by atoms with Crippen LogP contribution in [0.2, 0.25) is 0 Å². The highest BCUT2D eigenvalue weighted by Gasteiger charge is 2.33. The van der Waals surface area contributed by atoms with Crippen molar-refractivity contribution < 1.29 is 96.6 Å². The van der Waals surface area contributed by atoms with Crippen LogP contribution in [0.5, 0.6) is 0 Å². The Kier molecular flexibility index (Phi) is 61.1. The van der Waals surface area contributed by atoms with Crippen molar-refractivity contribution in [2.75, 3.05) is 48.0 Å². The maximum absolute atomic E-state index is 13.0. The number of benzene rings is 2. The lowest BCUT2D eigenvalue weighted by atomic mass is 9.89. The van der Waals surface area contributed by atoms with Crippen molar-refractivity contribution in [2.24, 2.45) is 59.2 Å². The highest BCUT2D eigenvalue weighted by atomic mass is 32.2. The summed E-state index contributed by atoms with van der Waals surface area (Å²) in [4.78, 5) is 172. The van der Waals surface area contributed by atoms with Gasteiger partial charge in [-0.3, -0.25) is 52.2 Å². The van der Waals surface area contributed by atoms with Crippen LogP contribution in [0.25, 0.3) is 0 Å². The van der Waals surface area contributed by atoms with E-state index in [0.717, 1.165) is 60.2 Å². The van der Waals surface area contributed by atoms with Crippen molar-refractivity contribution in [3.8, 4) is 0 Å². The summed E-state index contributed by atoms with van der Waals surface area (Å²) < 4.78 is 11.4. The number of aldehydes is 5. The van der Waals surface area contributed by atoms with Gasteiger partial charge in [-0.2, -0.15) is 35.3 Å². The Morgan fingerprint density at radius 2 is 0.718 bits per heavy atom. The maximum Gasteiger partial charge on any atom is 0.307 e. The quantitative estimate of drug-likeness (QED) is 0.0239. The molecular formula is C76H119N3O20S4. The van der Waals surface area contributed by atoms with E-state index < -0.39 is 94.2 Å². The third kappa shape index (κ3) is 52.0. The van der Waals surface area contributed by atoms with E-state index in [1.165, 1.54) is 13.2 Å². The van der Waals surface area contributed by atoms with Crippen molar-refractivity contribution in [2.45, 2.75) is 202 Å². The minimum Gasteiger partial charge on any atom is -0.481 e. The fourth-order valence-electron chi connectivity index (χ4n) is 10.3. The molecule has 11 atom stereocenters. The van der Waals surface area contributed by atoms with Crippen molar-refractivity contribution in [1.82, 2.24) is 16.0 Å². The van der Waals surface area contributed by atoms with E-state index >= 15 is 0 Å². The first-order chi connectivity index (χ1) is 48.8. The molecule has 0 aliphatic carbocycles. The lowest BCUT2D eigenvalue weighted by molar-refractivity contribution is -0.144. The molecule has 11 unspecified atom stereocenters. The van der Waals surface area contributed by atoms with Crippen LogP contribution in [-0.4, -0.2) is 181 Å². The van der Waals surface area contributed by atoms with Crippen molar-refractivity contribution in [1.29, 1.82) is 0 Å². The van der Waals surface area contributed by atoms with Crippen molar-refractivity contribution in [3.63, 3.8) is 0 Å². The number of unbranched alkanes of at least 4 members (excludes halogenated alkanes) is 2. The van der Waals surface area contributed by atoms with Crippen LogP contribution in [0.3, 0.4) is 0 Å². The molecule has 0 fully saturated rings. The van der Waals surface area contributed by atoms with Gasteiger partial charge in [0.2, 0.25) is 17.7 Å². The van der Waals surface area contributed by atoms with E-state index in [2.05, 4.69) is 22.9 Å². The van der Waals surface area contributed by atoms with Gasteiger partial charge in [0.1, 0.15) is 31.4 Å². The van der Waals surface area contributed by atoms with Gasteiger partial charge in [-0.25, -0.2) is 0 Å². The number of ketones is 3. The maximum atomic E-state index is 13.0. The predicted octanol–water partition coefficient (Wildman–Crippen LogP) is 10.7. The summed E-state index contributed by atoms with van der Waals surface area (Å²) in [6.45, 7) is 15.3. The molecule has 0 aliphatic heterocycles. The van der Waals surface area contributed by atoms with Crippen LogP contribution >= 0.6 is 35.3 Å². The number of carboxylic acid groups (broad SMARTS) is 4. The Morgan fingerprint density at radius 1 is 0.427 bits per heavy atom. The zero-order valence-corrected chi connectivity index (χ0v) is 65.9. The van der Waals surface area contributed by atoms with E-state index in [4.69, 9.17) is 10.2 Å². The molecule has 3 amide bonds. The molecule has 0 aliphatic rings. The standard InChI is InChI=1S/C23H33NO6S.C23H33NO5S.C14H25NO3S.C9H16O3.C7H12O3S/c1-16(2)13-20(24-22(27)18(9-11-25)10-12-31(3)30)21(26)15-19(23(28)29)14-17-7-5-4-6-8-17;1-16(2)13-20(24-22(27)18(9-11-25)10-12-30-3)21(26)15-19(23(28)29)14-17-7-5-4-6-8-17;1-10(2)9-13(11(3)17)15-14(18)12(5-7-16)6-8-19-4;1-2-3-4-5-8(6-7-10)9(11)12;1-11-5-3-6(2-4-8)7(9)10/h4-8,11,16,18-20H,9-10,12-15H2,1-3H3,(H,24,27)(H,28,29);4-8,11,16,18-20H,9-10,12-15H2,1-3H3,(H,24,27)(H,28,29);7,10,12-13H,5-6,8-9H2,1-4H3,(H,15,18);7-8H,2-6H2,1H3,(H,11,12);4,6H,2-3,5H2,1H3,(H,9,10). The highest BCUT2D eigenvalue weighted by Crippen LogP contribution is 2.22. The molecule has 2 aromatic rings. The van der Waals surface area contributed by atoms with Crippen LogP contribution in [0, 0.1) is 59.2 Å². The van der Waals surface area contributed by atoms with Gasteiger partial charge in [0.25, 0.3) is 0 Å². The fraction of sp³-hybridized carbons (Fsp3) is 0.645. The van der Waals surface area contributed by atoms with Gasteiger partial charge in [-0.1, -0.05) is 128 Å². The number of rotatable bonds is 53. The van der Waals surface area contributed by atoms with Gasteiger partial charge < -0.3 is 60.3 Å². The second-order valence-corrected chi connectivity index (χ2v) is 31.1. The van der Waals surface area contributed by atoms with Gasteiger partial charge in [-0.05, 0) is 136 Å². The van der Waals surface area contributed by atoms with Gasteiger partial charge in [0, 0.05) is 85.5 Å². The largest absolute Gasteiger partial charge is 0.481 e. The van der Waals surface area contributed by atoms with E-state index in [-0.39, 0.29) is 117 Å². The molecule has 27 heteroatoms. The van der Waals surface area contributed by atoms with Crippen LogP contribution in [0.1, 0.15) is 182 Å². The summed E-state index contributed by atoms with van der Waals surface area (Å²) in [7, 11) is -1.10. The number of Topliss-reactive ketones (excluding diaryl/α,β-unsaturated/α-hetero) is 3. The fourth-order valence-corrected chi connectivity index (χ4v) is 12.5. The second-order valence-electron chi connectivity index (χ2n) is 26.6. The predicted molar refractivity (Wildman–Crippen MR) is 409 cm³/mol. The van der Waals surface area contributed by atoms with E-state index in [0.29, 0.717) is 69.7 Å². The minimum absolute atomic E-state index is 0.0165. The normalized spacial score (nSPS) is 13.9. The third-order valence-corrected chi connectivity index (χ3v) is 19.0. The van der Waals surface area contributed by atoms with Crippen molar-refractivity contribution in [3.05, 3.63) is 71.8 Å². The topological polar surface area (TPSA) is 390 Å². The number of hydrogen-bond acceptors (Lipinski definition) is 19. The van der Waals surface area contributed by atoms with Gasteiger partial charge in [0.05, 0.1) is 41.8 Å². The third-order valence-electron chi connectivity index (χ3n) is 16.2. The average Bonchev–Trinajstić information content (AvgIpc) is 0.875. The minimum atomic E-state index is -1.10. The first-order valence-corrected chi connectivity index (χ1v) is 41.1. The summed E-state index contributed by atoms with van der Waals surface area (Å²) in [6, 6.07) is 16.3. The van der Waals surface area contributed by atoms with Crippen LogP contribution in [-0.2, 0) is 95.6 Å². The van der Waals surface area contributed by atoms with E-state index in [1.54, 1.807) is 35.3 Å². The van der Waals surface area contributed by atoms with Gasteiger partial charge in [0.15, 0.2) is 17.3 Å². The highest BCUT2D eigenvalue weighted by molar-refractivity contribution is 7.99. The molecule has 0 aromatic heterocycles. The number of carbonyl (C=O) groups excluding carboxylic acids is 11. The Labute approximate surface area is 626 Å². The molecule has 103 heavy (non-hydrogen) atoms. The molecule has 0 saturated heterocycles. The van der Waals surface area contributed by atoms with E-state index in [9.17, 15) is 86.3 Å². The van der Waals surface area contributed by atoms with Crippen LogP contribution < -0.4 is 16.0 Å². The number of amides is 3. The lowest BCUT2D eigenvalue weighted by Crippen LogP contribution is -2.45. The molecule has 582 valence electrons. The Hall–Kier alpha value is -6.71. The average molecular weight is 1520 g/mol. The molecular weight excluding hydrogens is 1400 g/mol. The first kappa shape index (κ1) is 100. The molecule has 23 nitrogen and oxygen atoms in total. The SMILES string of the molecule is CC(C)CC(NC(=O)C(CC=O)CCS(C)=O)C(=O)CC(Cc1ccccc1)C(=O)O.CCCCCC(CC=O)C(=O)O.CSCCC(CC=O)C(=O)NC(CC(C)C)C(=O)CC(Cc1ccccc1)C(=O)O.CSCCC(CC=O)C(=O)NC(CC(C)C)C(C)=O.CSCCC(CC=O)C(=O)O. The van der Waals surface area contributed by atoms with Crippen LogP contribution in [0.15, 0.2) is 60.7 Å². The van der Waals surface area contributed by atoms with Gasteiger partial charge >= 0.3 is 23.9 Å². The summed E-state index contributed by atoms with van der Waals surface area (Å²) >= 11 is 4.83. The molecule has 0 radical (unpaired) electrons. The monoisotopic (exact) mass is 1520 g/mol. The smallest absolute Gasteiger partial charge is 0.307 e. The molecule has 0 spiro atoms. The molecule has 0 heterocycles. The van der Waals surface area contributed by atoms with Crippen LogP contribution in [0.4, 0.5) is 0 Å². The summed E-state index contributed by atoms with van der Waals surface area (Å²) in [5.41, 5.74) is 1.68. The number of hydrogen-bond donors (Lipinski definition) is 7. The zero-order chi connectivity index (χ0) is 78.8. The number of aliphatic carboxylic acids is 4.